The van der Waals surface area contributed by atoms with Crippen LogP contribution in [-0.2, 0) is 6.61 Å². The lowest BCUT2D eigenvalue weighted by atomic mass is 10.1. The van der Waals surface area contributed by atoms with Gasteiger partial charge in [-0.05, 0) is 48.0 Å². The molecule has 0 aliphatic heterocycles. The average molecular weight is 361 g/mol. The van der Waals surface area contributed by atoms with Gasteiger partial charge in [-0.2, -0.15) is 0 Å². The smallest absolute Gasteiger partial charge is 0.337 e. The summed E-state index contributed by atoms with van der Waals surface area (Å²) in [5, 5.41) is 8.92. The molecule has 0 atom stereocenters. The molecule has 0 radical (unpaired) electrons. The molecule has 1 aromatic heterocycles. The minimum Gasteiger partial charge on any atom is -0.497 e. The van der Waals surface area contributed by atoms with Crippen LogP contribution in [0, 0.1) is 0 Å². The Morgan fingerprint density at radius 1 is 1.07 bits per heavy atom. The summed E-state index contributed by atoms with van der Waals surface area (Å²) in [7, 11) is 1.64. The summed E-state index contributed by atoms with van der Waals surface area (Å²) in [5.74, 6) is 0.549. The standard InChI is InChI=1S/C22H19NO4/c1-26-20-7-4-5-16(13-20)15-27-21-8-3-2-6-17(21)9-11-19-12-10-18(14-23-19)22(24)25/h2-14H,15H2,1H3,(H,24,25)/b11-9+. The lowest BCUT2D eigenvalue weighted by molar-refractivity contribution is 0.0696. The van der Waals surface area contributed by atoms with E-state index < -0.39 is 5.97 Å². The maximum atomic E-state index is 10.9. The van der Waals surface area contributed by atoms with Gasteiger partial charge in [0.25, 0.3) is 0 Å². The van der Waals surface area contributed by atoms with E-state index in [2.05, 4.69) is 4.98 Å². The van der Waals surface area contributed by atoms with Gasteiger partial charge in [-0.25, -0.2) is 4.79 Å². The van der Waals surface area contributed by atoms with Crippen molar-refractivity contribution in [2.24, 2.45) is 0 Å². The van der Waals surface area contributed by atoms with E-state index in [1.165, 1.54) is 12.3 Å². The second-order valence-electron chi connectivity index (χ2n) is 5.79. The predicted octanol–water partition coefficient (Wildman–Crippen LogP) is 4.54. The maximum absolute atomic E-state index is 10.9. The van der Waals surface area contributed by atoms with Gasteiger partial charge in [-0.3, -0.25) is 4.98 Å². The molecular formula is C22H19NO4. The molecule has 0 spiro atoms. The van der Waals surface area contributed by atoms with Crippen LogP contribution in [0.5, 0.6) is 11.5 Å². The van der Waals surface area contributed by atoms with Crippen LogP contribution in [0.1, 0.15) is 27.2 Å². The first-order chi connectivity index (χ1) is 13.2. The highest BCUT2D eigenvalue weighted by Crippen LogP contribution is 2.22. The first kappa shape index (κ1) is 18.2. The number of methoxy groups -OCH3 is 1. The molecule has 0 fully saturated rings. The Labute approximate surface area is 157 Å². The summed E-state index contributed by atoms with van der Waals surface area (Å²) in [6, 6.07) is 18.6. The number of carboxylic acids is 1. The topological polar surface area (TPSA) is 68.7 Å². The van der Waals surface area contributed by atoms with Crippen LogP contribution in [-0.4, -0.2) is 23.2 Å². The summed E-state index contributed by atoms with van der Waals surface area (Å²) in [6.45, 7) is 0.424. The highest BCUT2D eigenvalue weighted by Gasteiger charge is 2.04. The average Bonchev–Trinajstić information content (AvgIpc) is 2.71. The lowest BCUT2D eigenvalue weighted by Gasteiger charge is -2.10. The van der Waals surface area contributed by atoms with Crippen LogP contribution in [0.25, 0.3) is 12.2 Å². The third-order valence-corrected chi connectivity index (χ3v) is 3.91. The number of carbonyl (C=O) groups is 1. The molecule has 5 nitrogen and oxygen atoms in total. The first-order valence-electron chi connectivity index (χ1n) is 8.38. The van der Waals surface area contributed by atoms with E-state index in [9.17, 15) is 4.79 Å². The second kappa shape index (κ2) is 8.67. The molecule has 0 unspecified atom stereocenters. The van der Waals surface area contributed by atoms with Crippen molar-refractivity contribution >= 4 is 18.1 Å². The van der Waals surface area contributed by atoms with Crippen LogP contribution in [0.4, 0.5) is 0 Å². The van der Waals surface area contributed by atoms with Crippen molar-refractivity contribution in [2.45, 2.75) is 6.61 Å². The fraction of sp³-hybridized carbons (Fsp3) is 0.0909. The Bertz CT molecular complexity index is 949. The van der Waals surface area contributed by atoms with Gasteiger partial charge in [0, 0.05) is 11.8 Å². The van der Waals surface area contributed by atoms with E-state index in [1.807, 2.05) is 60.7 Å². The summed E-state index contributed by atoms with van der Waals surface area (Å²) < 4.78 is 11.2. The van der Waals surface area contributed by atoms with E-state index in [0.717, 1.165) is 22.6 Å². The summed E-state index contributed by atoms with van der Waals surface area (Å²) in [5.41, 5.74) is 2.75. The molecule has 3 aromatic rings. The van der Waals surface area contributed by atoms with Gasteiger partial charge >= 0.3 is 5.97 Å². The summed E-state index contributed by atoms with van der Waals surface area (Å²) in [4.78, 5) is 15.0. The lowest BCUT2D eigenvalue weighted by Crippen LogP contribution is -1.97. The van der Waals surface area contributed by atoms with Crippen molar-refractivity contribution < 1.29 is 19.4 Å². The third-order valence-electron chi connectivity index (χ3n) is 3.91. The predicted molar refractivity (Wildman–Crippen MR) is 104 cm³/mol. The van der Waals surface area contributed by atoms with Gasteiger partial charge in [0.05, 0.1) is 18.4 Å². The molecule has 1 heterocycles. The Morgan fingerprint density at radius 3 is 2.67 bits per heavy atom. The number of pyridine rings is 1. The molecule has 0 saturated heterocycles. The number of hydrogen-bond donors (Lipinski definition) is 1. The molecule has 5 heteroatoms. The van der Waals surface area contributed by atoms with E-state index in [-0.39, 0.29) is 5.56 Å². The zero-order valence-electron chi connectivity index (χ0n) is 14.8. The van der Waals surface area contributed by atoms with E-state index in [0.29, 0.717) is 12.3 Å². The maximum Gasteiger partial charge on any atom is 0.337 e. The minimum absolute atomic E-state index is 0.161. The van der Waals surface area contributed by atoms with Gasteiger partial charge < -0.3 is 14.6 Å². The van der Waals surface area contributed by atoms with E-state index in [4.69, 9.17) is 14.6 Å². The van der Waals surface area contributed by atoms with Crippen molar-refractivity contribution in [2.75, 3.05) is 7.11 Å². The number of aromatic nitrogens is 1. The number of rotatable bonds is 7. The Morgan fingerprint density at radius 2 is 1.93 bits per heavy atom. The van der Waals surface area contributed by atoms with Gasteiger partial charge in [0.2, 0.25) is 0 Å². The first-order valence-corrected chi connectivity index (χ1v) is 8.38. The highest BCUT2D eigenvalue weighted by molar-refractivity contribution is 5.87. The number of carboxylic acid groups (broad SMARTS) is 1. The van der Waals surface area contributed by atoms with Crippen LogP contribution in [0.15, 0.2) is 66.9 Å². The largest absolute Gasteiger partial charge is 0.497 e. The van der Waals surface area contributed by atoms with Crippen molar-refractivity contribution in [3.8, 4) is 11.5 Å². The normalized spacial score (nSPS) is 10.7. The molecule has 27 heavy (non-hydrogen) atoms. The molecule has 0 aliphatic rings. The second-order valence-corrected chi connectivity index (χ2v) is 5.79. The Hall–Kier alpha value is -3.60. The quantitative estimate of drug-likeness (QED) is 0.669. The Balaban J connectivity index is 1.72. The fourth-order valence-corrected chi connectivity index (χ4v) is 2.48. The number of ether oxygens (including phenoxy) is 2. The SMILES string of the molecule is COc1cccc(COc2ccccc2/C=C/c2ccc(C(=O)O)cn2)c1. The molecule has 0 aliphatic carbocycles. The van der Waals surface area contributed by atoms with Crippen LogP contribution >= 0.6 is 0 Å². The fourth-order valence-electron chi connectivity index (χ4n) is 2.48. The monoisotopic (exact) mass is 361 g/mol. The number of benzene rings is 2. The van der Waals surface area contributed by atoms with Gasteiger partial charge in [0.15, 0.2) is 0 Å². The Kier molecular flexibility index (Phi) is 5.84. The van der Waals surface area contributed by atoms with Crippen molar-refractivity contribution in [1.82, 2.24) is 4.98 Å². The van der Waals surface area contributed by atoms with Gasteiger partial charge in [-0.15, -0.1) is 0 Å². The zero-order chi connectivity index (χ0) is 19.1. The summed E-state index contributed by atoms with van der Waals surface area (Å²) >= 11 is 0. The van der Waals surface area contributed by atoms with Crippen molar-refractivity contribution in [1.29, 1.82) is 0 Å². The van der Waals surface area contributed by atoms with Gasteiger partial charge in [-0.1, -0.05) is 30.3 Å². The molecule has 0 bridgehead atoms. The molecule has 0 saturated carbocycles. The van der Waals surface area contributed by atoms with Crippen LogP contribution in [0.3, 0.4) is 0 Å². The minimum atomic E-state index is -0.991. The molecule has 0 amide bonds. The van der Waals surface area contributed by atoms with Crippen molar-refractivity contribution in [3.05, 3.63) is 89.2 Å². The molecular weight excluding hydrogens is 342 g/mol. The highest BCUT2D eigenvalue weighted by atomic mass is 16.5. The number of aromatic carboxylic acids is 1. The summed E-state index contributed by atoms with van der Waals surface area (Å²) in [6.07, 6.45) is 5.05. The number of nitrogens with zero attached hydrogens (tertiary/aromatic N) is 1. The number of hydrogen-bond acceptors (Lipinski definition) is 4. The molecule has 2 aromatic carbocycles. The van der Waals surface area contributed by atoms with Crippen molar-refractivity contribution in [3.63, 3.8) is 0 Å². The van der Waals surface area contributed by atoms with Crippen LogP contribution < -0.4 is 9.47 Å². The molecule has 136 valence electrons. The van der Waals surface area contributed by atoms with Crippen LogP contribution in [0.2, 0.25) is 0 Å². The van der Waals surface area contributed by atoms with E-state index >= 15 is 0 Å². The van der Waals surface area contributed by atoms with E-state index in [1.54, 1.807) is 13.2 Å². The van der Waals surface area contributed by atoms with Gasteiger partial charge in [0.1, 0.15) is 18.1 Å². The molecule has 3 rings (SSSR count). The zero-order valence-corrected chi connectivity index (χ0v) is 14.8. The molecule has 1 N–H and O–H groups in total. The number of para-hydroxylation sites is 1. The third kappa shape index (κ3) is 4.95.